The second-order valence-corrected chi connectivity index (χ2v) is 4.35. The van der Waals surface area contributed by atoms with Crippen molar-refractivity contribution in [3.8, 4) is 5.75 Å². The van der Waals surface area contributed by atoms with Crippen LogP contribution in [0.5, 0.6) is 5.75 Å². The van der Waals surface area contributed by atoms with Crippen LogP contribution in [0, 0.1) is 0 Å². The van der Waals surface area contributed by atoms with Gasteiger partial charge in [0.15, 0.2) is 0 Å². The summed E-state index contributed by atoms with van der Waals surface area (Å²) in [5.74, 6) is 1.01. The maximum absolute atomic E-state index is 5.80. The van der Waals surface area contributed by atoms with E-state index >= 15 is 0 Å². The third-order valence-electron chi connectivity index (χ3n) is 3.15. The van der Waals surface area contributed by atoms with Gasteiger partial charge in [-0.25, -0.2) is 0 Å². The van der Waals surface area contributed by atoms with Crippen molar-refractivity contribution in [3.05, 3.63) is 42.0 Å². The minimum atomic E-state index is 0.0867. The van der Waals surface area contributed by atoms with E-state index in [1.54, 1.807) is 0 Å². The van der Waals surface area contributed by atoms with E-state index in [2.05, 4.69) is 48.6 Å². The molecule has 0 spiro atoms. The van der Waals surface area contributed by atoms with E-state index in [4.69, 9.17) is 4.74 Å². The van der Waals surface area contributed by atoms with Crippen LogP contribution in [-0.4, -0.2) is 6.23 Å². The zero-order valence-corrected chi connectivity index (χ0v) is 9.53. The molecule has 0 aromatic heterocycles. The number of hydrogen-bond donors (Lipinski definition) is 1. The third-order valence-corrected chi connectivity index (χ3v) is 3.15. The molecule has 1 aliphatic heterocycles. The molecule has 0 fully saturated rings. The highest BCUT2D eigenvalue weighted by atomic mass is 16.5. The highest BCUT2D eigenvalue weighted by molar-refractivity contribution is 5.88. The summed E-state index contributed by atoms with van der Waals surface area (Å²) >= 11 is 0. The summed E-state index contributed by atoms with van der Waals surface area (Å²) in [6.07, 6.45) is 0.0867. The van der Waals surface area contributed by atoms with Crippen molar-refractivity contribution >= 4 is 10.8 Å². The van der Waals surface area contributed by atoms with Gasteiger partial charge in [-0.2, -0.15) is 0 Å². The average molecular weight is 213 g/mol. The number of benzene rings is 2. The summed E-state index contributed by atoms with van der Waals surface area (Å²) in [5.41, 5.74) is 1.27. The van der Waals surface area contributed by atoms with Gasteiger partial charge < -0.3 is 4.74 Å². The number of hydrogen-bond acceptors (Lipinski definition) is 2. The largest absolute Gasteiger partial charge is 0.475 e. The highest BCUT2D eigenvalue weighted by Gasteiger charge is 2.23. The van der Waals surface area contributed by atoms with Crippen LogP contribution in [0.15, 0.2) is 36.4 Å². The Labute approximate surface area is 95.2 Å². The molecular formula is C14H15NO. The molecule has 0 aliphatic carbocycles. The van der Waals surface area contributed by atoms with Gasteiger partial charge in [0.05, 0.1) is 0 Å². The van der Waals surface area contributed by atoms with E-state index in [-0.39, 0.29) is 6.23 Å². The molecule has 2 atom stereocenters. The fourth-order valence-corrected chi connectivity index (χ4v) is 2.48. The molecule has 2 aromatic carbocycles. The van der Waals surface area contributed by atoms with Crippen LogP contribution in [-0.2, 0) is 0 Å². The van der Waals surface area contributed by atoms with Gasteiger partial charge in [0.25, 0.3) is 0 Å². The fraction of sp³-hybridized carbons (Fsp3) is 0.286. The van der Waals surface area contributed by atoms with Crippen molar-refractivity contribution in [1.82, 2.24) is 5.32 Å². The van der Waals surface area contributed by atoms with Crippen LogP contribution in [0.25, 0.3) is 10.8 Å². The predicted molar refractivity (Wildman–Crippen MR) is 65.6 cm³/mol. The van der Waals surface area contributed by atoms with Gasteiger partial charge in [-0.05, 0) is 30.7 Å². The second kappa shape index (κ2) is 3.49. The maximum Gasteiger partial charge on any atom is 0.147 e. The lowest BCUT2D eigenvalue weighted by molar-refractivity contribution is 0.145. The first-order valence-corrected chi connectivity index (χ1v) is 5.70. The zero-order chi connectivity index (χ0) is 11.1. The van der Waals surface area contributed by atoms with Crippen LogP contribution in [0.2, 0.25) is 0 Å². The first kappa shape index (κ1) is 9.67. The minimum Gasteiger partial charge on any atom is -0.475 e. The van der Waals surface area contributed by atoms with Gasteiger partial charge in [0.2, 0.25) is 0 Å². The monoisotopic (exact) mass is 213 g/mol. The molecule has 2 nitrogen and oxygen atoms in total. The first-order chi connectivity index (χ1) is 7.75. The molecule has 1 heterocycles. The summed E-state index contributed by atoms with van der Waals surface area (Å²) in [4.78, 5) is 0. The molecular weight excluding hydrogens is 198 g/mol. The molecule has 3 rings (SSSR count). The second-order valence-electron chi connectivity index (χ2n) is 4.35. The van der Waals surface area contributed by atoms with Crippen molar-refractivity contribution in [2.45, 2.75) is 26.1 Å². The fourth-order valence-electron chi connectivity index (χ4n) is 2.48. The first-order valence-electron chi connectivity index (χ1n) is 5.70. The zero-order valence-electron chi connectivity index (χ0n) is 9.53. The minimum absolute atomic E-state index is 0.0867. The lowest BCUT2D eigenvalue weighted by atomic mass is 9.97. The molecule has 2 aromatic rings. The van der Waals surface area contributed by atoms with Crippen LogP contribution in [0.1, 0.15) is 25.5 Å². The van der Waals surface area contributed by atoms with E-state index in [0.29, 0.717) is 6.04 Å². The van der Waals surface area contributed by atoms with E-state index in [1.807, 2.05) is 6.92 Å². The van der Waals surface area contributed by atoms with E-state index in [1.165, 1.54) is 16.3 Å². The Bertz CT molecular complexity index is 535. The quantitative estimate of drug-likeness (QED) is 0.725. The van der Waals surface area contributed by atoms with E-state index in [9.17, 15) is 0 Å². The summed E-state index contributed by atoms with van der Waals surface area (Å²) in [6, 6.07) is 13.0. The Kier molecular flexibility index (Phi) is 2.11. The van der Waals surface area contributed by atoms with Gasteiger partial charge in [-0.15, -0.1) is 0 Å². The SMILES string of the molecule is C[C@H]1N[C@H](C)c2c(ccc3ccccc23)O1. The Morgan fingerprint density at radius 1 is 1.06 bits per heavy atom. The lowest BCUT2D eigenvalue weighted by Crippen LogP contribution is -2.38. The third kappa shape index (κ3) is 1.38. The van der Waals surface area contributed by atoms with Crippen molar-refractivity contribution in [2.24, 2.45) is 0 Å². The van der Waals surface area contributed by atoms with Crippen molar-refractivity contribution < 1.29 is 4.74 Å². The maximum atomic E-state index is 5.80. The molecule has 0 radical (unpaired) electrons. The molecule has 2 heteroatoms. The van der Waals surface area contributed by atoms with Crippen LogP contribution < -0.4 is 10.1 Å². The summed E-state index contributed by atoms with van der Waals surface area (Å²) in [5, 5.41) is 5.96. The molecule has 16 heavy (non-hydrogen) atoms. The summed E-state index contributed by atoms with van der Waals surface area (Å²) < 4.78 is 5.80. The molecule has 0 saturated heterocycles. The van der Waals surface area contributed by atoms with E-state index < -0.39 is 0 Å². The number of rotatable bonds is 0. The Hall–Kier alpha value is -1.54. The average Bonchev–Trinajstić information content (AvgIpc) is 2.28. The van der Waals surface area contributed by atoms with Gasteiger partial charge in [-0.3, -0.25) is 5.32 Å². The number of fused-ring (bicyclic) bond motifs is 3. The number of ether oxygens (including phenoxy) is 1. The van der Waals surface area contributed by atoms with Gasteiger partial charge >= 0.3 is 0 Å². The topological polar surface area (TPSA) is 21.3 Å². The van der Waals surface area contributed by atoms with Gasteiger partial charge in [-0.1, -0.05) is 30.3 Å². The van der Waals surface area contributed by atoms with E-state index in [0.717, 1.165) is 5.75 Å². The molecule has 1 N–H and O–H groups in total. The van der Waals surface area contributed by atoms with Gasteiger partial charge in [0.1, 0.15) is 12.0 Å². The summed E-state index contributed by atoms with van der Waals surface area (Å²) in [6.45, 7) is 4.22. The molecule has 0 bridgehead atoms. The molecule has 0 amide bonds. The van der Waals surface area contributed by atoms with Crippen molar-refractivity contribution in [3.63, 3.8) is 0 Å². The lowest BCUT2D eigenvalue weighted by Gasteiger charge is -2.30. The van der Waals surface area contributed by atoms with Crippen LogP contribution in [0.4, 0.5) is 0 Å². The summed E-state index contributed by atoms with van der Waals surface area (Å²) in [7, 11) is 0. The molecule has 0 saturated carbocycles. The molecule has 0 unspecified atom stereocenters. The Morgan fingerprint density at radius 3 is 2.75 bits per heavy atom. The number of nitrogens with one attached hydrogen (secondary N) is 1. The van der Waals surface area contributed by atoms with Crippen molar-refractivity contribution in [1.29, 1.82) is 0 Å². The van der Waals surface area contributed by atoms with Gasteiger partial charge in [0, 0.05) is 11.6 Å². The Morgan fingerprint density at radius 2 is 1.88 bits per heavy atom. The molecule has 82 valence electrons. The Balaban J connectivity index is 2.29. The smallest absolute Gasteiger partial charge is 0.147 e. The van der Waals surface area contributed by atoms with Crippen LogP contribution in [0.3, 0.4) is 0 Å². The highest BCUT2D eigenvalue weighted by Crippen LogP contribution is 2.36. The standard InChI is InChI=1S/C14H15NO/c1-9-14-12-6-4-3-5-11(12)7-8-13(14)16-10(2)15-9/h3-10,15H,1-2H3/t9-,10+/m1/s1. The van der Waals surface area contributed by atoms with Crippen molar-refractivity contribution in [2.75, 3.05) is 0 Å². The predicted octanol–water partition coefficient (Wildman–Crippen LogP) is 3.23. The normalized spacial score (nSPS) is 23.9. The van der Waals surface area contributed by atoms with Crippen LogP contribution >= 0.6 is 0 Å². The molecule has 1 aliphatic rings.